The molecule has 94 valence electrons. The van der Waals surface area contributed by atoms with Gasteiger partial charge in [-0.1, -0.05) is 13.8 Å². The molecule has 16 heavy (non-hydrogen) atoms. The molecule has 0 heterocycles. The van der Waals surface area contributed by atoms with E-state index >= 15 is 0 Å². The number of nitrogens with two attached hydrogens (primary N) is 1. The van der Waals surface area contributed by atoms with E-state index in [-0.39, 0.29) is 24.8 Å². The first kappa shape index (κ1) is 14.9. The van der Waals surface area contributed by atoms with E-state index in [4.69, 9.17) is 5.73 Å². The summed E-state index contributed by atoms with van der Waals surface area (Å²) in [4.78, 5) is 22.6. The van der Waals surface area contributed by atoms with Crippen molar-refractivity contribution in [1.29, 1.82) is 0 Å². The van der Waals surface area contributed by atoms with Gasteiger partial charge in [0.05, 0.1) is 6.54 Å². The van der Waals surface area contributed by atoms with Gasteiger partial charge in [0.1, 0.15) is 0 Å². The number of carbonyl (C=O) groups is 2. The highest BCUT2D eigenvalue weighted by atomic mass is 16.2. The summed E-state index contributed by atoms with van der Waals surface area (Å²) in [7, 11) is 0. The quantitative estimate of drug-likeness (QED) is 0.599. The fourth-order valence-electron chi connectivity index (χ4n) is 1.04. The number of amides is 2. The summed E-state index contributed by atoms with van der Waals surface area (Å²) in [5, 5.41) is 5.25. The summed E-state index contributed by atoms with van der Waals surface area (Å²) in [6.45, 7) is 8.20. The highest BCUT2D eigenvalue weighted by Crippen LogP contribution is 2.01. The summed E-state index contributed by atoms with van der Waals surface area (Å²) >= 11 is 0. The van der Waals surface area contributed by atoms with Gasteiger partial charge in [-0.3, -0.25) is 9.59 Å². The van der Waals surface area contributed by atoms with E-state index in [1.807, 2.05) is 13.8 Å². The molecule has 0 atom stereocenters. The topological polar surface area (TPSA) is 84.2 Å². The highest BCUT2D eigenvalue weighted by Gasteiger charge is 2.16. The summed E-state index contributed by atoms with van der Waals surface area (Å²) in [6, 6.07) is 0. The molecule has 0 bridgehead atoms. The predicted molar refractivity (Wildman–Crippen MR) is 63.7 cm³/mol. The number of rotatable bonds is 6. The lowest BCUT2D eigenvalue weighted by Gasteiger charge is -2.17. The van der Waals surface area contributed by atoms with Crippen molar-refractivity contribution in [2.24, 2.45) is 11.7 Å². The molecular weight excluding hydrogens is 206 g/mol. The van der Waals surface area contributed by atoms with Gasteiger partial charge in [0.15, 0.2) is 0 Å². The summed E-state index contributed by atoms with van der Waals surface area (Å²) in [5.74, 6) is 0.0340. The molecule has 0 aliphatic carbocycles. The summed E-state index contributed by atoms with van der Waals surface area (Å²) < 4.78 is 0. The first-order valence-corrected chi connectivity index (χ1v) is 5.53. The molecule has 0 unspecified atom stereocenters. The van der Waals surface area contributed by atoms with Crippen molar-refractivity contribution in [2.75, 3.05) is 13.1 Å². The molecule has 4 N–H and O–H groups in total. The van der Waals surface area contributed by atoms with Gasteiger partial charge in [-0.25, -0.2) is 0 Å². The minimum Gasteiger partial charge on any atom is -0.354 e. The molecule has 0 aromatic rings. The smallest absolute Gasteiger partial charge is 0.239 e. The minimum atomic E-state index is -0.543. The normalized spacial score (nSPS) is 11.4. The Morgan fingerprint density at radius 2 is 1.75 bits per heavy atom. The van der Waals surface area contributed by atoms with E-state index < -0.39 is 5.54 Å². The zero-order valence-electron chi connectivity index (χ0n) is 10.6. The number of nitrogens with one attached hydrogen (secondary N) is 2. The van der Waals surface area contributed by atoms with Crippen LogP contribution in [0.1, 0.15) is 34.1 Å². The van der Waals surface area contributed by atoms with Gasteiger partial charge < -0.3 is 16.4 Å². The minimum absolute atomic E-state index is 0.0155. The SMILES string of the molecule is CC(C)CNC(=O)CNC(=O)CC(C)(C)N. The van der Waals surface area contributed by atoms with Gasteiger partial charge in [-0.2, -0.15) is 0 Å². The van der Waals surface area contributed by atoms with Crippen LogP contribution >= 0.6 is 0 Å². The number of carbonyl (C=O) groups excluding carboxylic acids is 2. The zero-order chi connectivity index (χ0) is 12.8. The fourth-order valence-corrected chi connectivity index (χ4v) is 1.04. The van der Waals surface area contributed by atoms with Crippen molar-refractivity contribution in [1.82, 2.24) is 10.6 Å². The maximum Gasteiger partial charge on any atom is 0.239 e. The van der Waals surface area contributed by atoms with Crippen LogP contribution in [0.3, 0.4) is 0 Å². The zero-order valence-corrected chi connectivity index (χ0v) is 10.6. The van der Waals surface area contributed by atoms with Crippen LogP contribution in [0.15, 0.2) is 0 Å². The Balaban J connectivity index is 3.72. The van der Waals surface area contributed by atoms with Crippen molar-refractivity contribution in [3.8, 4) is 0 Å². The van der Waals surface area contributed by atoms with Crippen molar-refractivity contribution in [3.05, 3.63) is 0 Å². The van der Waals surface area contributed by atoms with Crippen LogP contribution in [0.5, 0.6) is 0 Å². The van der Waals surface area contributed by atoms with E-state index in [2.05, 4.69) is 10.6 Å². The summed E-state index contributed by atoms with van der Waals surface area (Å²) in [5.41, 5.74) is 5.14. The predicted octanol–water partition coefficient (Wildman–Crippen LogP) is 0.00220. The maximum absolute atomic E-state index is 11.3. The Kier molecular flexibility index (Phi) is 6.03. The first-order chi connectivity index (χ1) is 7.20. The van der Waals surface area contributed by atoms with Crippen molar-refractivity contribution < 1.29 is 9.59 Å². The molecule has 0 rings (SSSR count). The first-order valence-electron chi connectivity index (χ1n) is 5.53. The standard InChI is InChI=1S/C11H23N3O2/c1-8(2)6-13-10(16)7-14-9(15)5-11(3,4)12/h8H,5-7,12H2,1-4H3,(H,13,16)(H,14,15). The molecule has 5 nitrogen and oxygen atoms in total. The lowest BCUT2D eigenvalue weighted by Crippen LogP contribution is -2.43. The van der Waals surface area contributed by atoms with E-state index in [1.165, 1.54) is 0 Å². The lowest BCUT2D eigenvalue weighted by atomic mass is 10.0. The van der Waals surface area contributed by atoms with Gasteiger partial charge in [0, 0.05) is 18.5 Å². The molecule has 2 amide bonds. The molecule has 0 saturated heterocycles. The Bertz CT molecular complexity index is 244. The van der Waals surface area contributed by atoms with E-state index in [0.29, 0.717) is 12.5 Å². The van der Waals surface area contributed by atoms with Gasteiger partial charge in [-0.05, 0) is 19.8 Å². The third-order valence-corrected chi connectivity index (χ3v) is 1.77. The molecule has 0 aromatic carbocycles. The van der Waals surface area contributed by atoms with Crippen LogP contribution < -0.4 is 16.4 Å². The molecule has 0 spiro atoms. The third-order valence-electron chi connectivity index (χ3n) is 1.77. The van der Waals surface area contributed by atoms with Crippen molar-refractivity contribution in [2.45, 2.75) is 39.7 Å². The van der Waals surface area contributed by atoms with Crippen molar-refractivity contribution >= 4 is 11.8 Å². The molecular formula is C11H23N3O2. The van der Waals surface area contributed by atoms with Crippen LogP contribution in [0.2, 0.25) is 0 Å². The van der Waals surface area contributed by atoms with Crippen LogP contribution in [-0.4, -0.2) is 30.4 Å². The average molecular weight is 229 g/mol. The second-order valence-corrected chi connectivity index (χ2v) is 5.14. The molecule has 0 aromatic heterocycles. The van der Waals surface area contributed by atoms with E-state index in [1.54, 1.807) is 13.8 Å². The van der Waals surface area contributed by atoms with Crippen LogP contribution in [0.4, 0.5) is 0 Å². The molecule has 0 saturated carbocycles. The maximum atomic E-state index is 11.3. The van der Waals surface area contributed by atoms with Crippen molar-refractivity contribution in [3.63, 3.8) is 0 Å². The number of hydrogen-bond donors (Lipinski definition) is 3. The lowest BCUT2D eigenvalue weighted by molar-refractivity contribution is -0.126. The molecule has 0 radical (unpaired) electrons. The molecule has 0 aliphatic rings. The van der Waals surface area contributed by atoms with Gasteiger partial charge >= 0.3 is 0 Å². The fraction of sp³-hybridized carbons (Fsp3) is 0.818. The van der Waals surface area contributed by atoms with Crippen LogP contribution in [0.25, 0.3) is 0 Å². The highest BCUT2D eigenvalue weighted by molar-refractivity contribution is 5.85. The van der Waals surface area contributed by atoms with Gasteiger partial charge in [0.2, 0.25) is 11.8 Å². The molecule has 0 fully saturated rings. The monoisotopic (exact) mass is 229 g/mol. The Morgan fingerprint density at radius 3 is 2.19 bits per heavy atom. The molecule has 0 aliphatic heterocycles. The van der Waals surface area contributed by atoms with E-state index in [9.17, 15) is 9.59 Å². The Hall–Kier alpha value is -1.10. The number of hydrogen-bond acceptors (Lipinski definition) is 3. The molecule has 5 heteroatoms. The Morgan fingerprint density at radius 1 is 1.19 bits per heavy atom. The average Bonchev–Trinajstić information content (AvgIpc) is 2.08. The second-order valence-electron chi connectivity index (χ2n) is 5.14. The van der Waals surface area contributed by atoms with Gasteiger partial charge in [0.25, 0.3) is 0 Å². The van der Waals surface area contributed by atoms with Crippen LogP contribution in [0, 0.1) is 5.92 Å². The van der Waals surface area contributed by atoms with Gasteiger partial charge in [-0.15, -0.1) is 0 Å². The van der Waals surface area contributed by atoms with Crippen LogP contribution in [-0.2, 0) is 9.59 Å². The van der Waals surface area contributed by atoms with E-state index in [0.717, 1.165) is 0 Å². The Labute approximate surface area is 97.2 Å². The second kappa shape index (κ2) is 6.48. The summed E-state index contributed by atoms with van der Waals surface area (Å²) in [6.07, 6.45) is 0.213. The largest absolute Gasteiger partial charge is 0.354 e. The third kappa shape index (κ3) is 9.45.